The largest absolute Gasteiger partial charge is 0.346 e. The second kappa shape index (κ2) is 7.39. The zero-order valence-electron chi connectivity index (χ0n) is 15.0. The summed E-state index contributed by atoms with van der Waals surface area (Å²) in [4.78, 5) is 12.7. The van der Waals surface area contributed by atoms with Gasteiger partial charge in [0.15, 0.2) is 0 Å². The SMILES string of the molecule is Cc1ccccc1[C@H](CC(=O)Nc1cccc(C)c1C)n1cccc1. The minimum Gasteiger partial charge on any atom is -0.346 e. The van der Waals surface area contributed by atoms with E-state index in [9.17, 15) is 4.79 Å². The van der Waals surface area contributed by atoms with Crippen LogP contribution in [-0.4, -0.2) is 10.5 Å². The van der Waals surface area contributed by atoms with Crippen LogP contribution in [0.25, 0.3) is 0 Å². The summed E-state index contributed by atoms with van der Waals surface area (Å²) in [5.74, 6) is 0.0238. The van der Waals surface area contributed by atoms with E-state index < -0.39 is 0 Å². The zero-order chi connectivity index (χ0) is 17.8. The van der Waals surface area contributed by atoms with Crippen LogP contribution in [0.1, 0.15) is 34.7 Å². The van der Waals surface area contributed by atoms with Crippen molar-refractivity contribution >= 4 is 11.6 Å². The molecule has 1 aromatic heterocycles. The summed E-state index contributed by atoms with van der Waals surface area (Å²) in [6.07, 6.45) is 4.43. The molecule has 1 heterocycles. The summed E-state index contributed by atoms with van der Waals surface area (Å²) >= 11 is 0. The predicted octanol–water partition coefficient (Wildman–Crippen LogP) is 5.03. The highest BCUT2D eigenvalue weighted by molar-refractivity contribution is 5.92. The fourth-order valence-electron chi connectivity index (χ4n) is 3.16. The Morgan fingerprint density at radius 1 is 0.920 bits per heavy atom. The Bertz CT molecular complexity index is 865. The molecule has 0 spiro atoms. The Morgan fingerprint density at radius 3 is 2.32 bits per heavy atom. The van der Waals surface area contributed by atoms with Crippen molar-refractivity contribution in [3.63, 3.8) is 0 Å². The average Bonchev–Trinajstić information content (AvgIpc) is 3.12. The van der Waals surface area contributed by atoms with E-state index in [2.05, 4.69) is 41.9 Å². The van der Waals surface area contributed by atoms with Crippen molar-refractivity contribution in [2.45, 2.75) is 33.2 Å². The van der Waals surface area contributed by atoms with Crippen molar-refractivity contribution in [1.29, 1.82) is 0 Å². The molecule has 0 unspecified atom stereocenters. The molecule has 0 fully saturated rings. The molecule has 2 aromatic carbocycles. The number of nitrogens with zero attached hydrogens (tertiary/aromatic N) is 1. The Morgan fingerprint density at radius 2 is 1.60 bits per heavy atom. The molecule has 3 rings (SSSR count). The lowest BCUT2D eigenvalue weighted by Crippen LogP contribution is -2.20. The lowest BCUT2D eigenvalue weighted by molar-refractivity contribution is -0.116. The first kappa shape index (κ1) is 17.0. The van der Waals surface area contributed by atoms with Crippen LogP contribution in [0.3, 0.4) is 0 Å². The Balaban J connectivity index is 1.85. The van der Waals surface area contributed by atoms with Crippen LogP contribution in [0.5, 0.6) is 0 Å². The molecule has 3 nitrogen and oxygen atoms in total. The van der Waals surface area contributed by atoms with Crippen LogP contribution < -0.4 is 5.32 Å². The minimum absolute atomic E-state index is 0.0127. The van der Waals surface area contributed by atoms with E-state index in [1.54, 1.807) is 0 Å². The van der Waals surface area contributed by atoms with E-state index in [4.69, 9.17) is 0 Å². The summed E-state index contributed by atoms with van der Waals surface area (Å²) < 4.78 is 2.10. The molecule has 0 aliphatic heterocycles. The van der Waals surface area contributed by atoms with Gasteiger partial charge in [0.05, 0.1) is 12.5 Å². The molecule has 0 aliphatic carbocycles. The van der Waals surface area contributed by atoms with Crippen LogP contribution in [0.2, 0.25) is 0 Å². The number of nitrogens with one attached hydrogen (secondary N) is 1. The monoisotopic (exact) mass is 332 g/mol. The number of benzene rings is 2. The summed E-state index contributed by atoms with van der Waals surface area (Å²) in [7, 11) is 0. The van der Waals surface area contributed by atoms with E-state index in [1.165, 1.54) is 16.7 Å². The zero-order valence-corrected chi connectivity index (χ0v) is 15.0. The molecule has 0 saturated heterocycles. The summed E-state index contributed by atoms with van der Waals surface area (Å²) in [6, 6.07) is 18.2. The van der Waals surface area contributed by atoms with Crippen LogP contribution in [0.15, 0.2) is 67.0 Å². The topological polar surface area (TPSA) is 34.0 Å². The average molecular weight is 332 g/mol. The van der Waals surface area contributed by atoms with Gasteiger partial charge in [-0.25, -0.2) is 0 Å². The lowest BCUT2D eigenvalue weighted by atomic mass is 9.98. The van der Waals surface area contributed by atoms with Gasteiger partial charge >= 0.3 is 0 Å². The van der Waals surface area contributed by atoms with E-state index in [0.717, 1.165) is 11.3 Å². The van der Waals surface area contributed by atoms with Gasteiger partial charge in [-0.05, 0) is 61.2 Å². The third kappa shape index (κ3) is 3.82. The molecule has 3 aromatic rings. The second-order valence-electron chi connectivity index (χ2n) is 6.50. The molecule has 1 atom stereocenters. The van der Waals surface area contributed by atoms with Crippen LogP contribution in [0, 0.1) is 20.8 Å². The van der Waals surface area contributed by atoms with Gasteiger partial charge in [0.1, 0.15) is 0 Å². The number of aryl methyl sites for hydroxylation is 2. The number of carbonyl (C=O) groups is 1. The van der Waals surface area contributed by atoms with E-state index in [-0.39, 0.29) is 11.9 Å². The van der Waals surface area contributed by atoms with Crippen LogP contribution in [0.4, 0.5) is 5.69 Å². The van der Waals surface area contributed by atoms with Gasteiger partial charge in [-0.1, -0.05) is 36.4 Å². The molecular formula is C22H24N2O. The predicted molar refractivity (Wildman–Crippen MR) is 103 cm³/mol. The maximum Gasteiger partial charge on any atom is 0.226 e. The summed E-state index contributed by atoms with van der Waals surface area (Å²) in [6.45, 7) is 6.19. The smallest absolute Gasteiger partial charge is 0.226 e. The summed E-state index contributed by atoms with van der Waals surface area (Å²) in [5.41, 5.74) is 5.56. The molecule has 1 N–H and O–H groups in total. The van der Waals surface area contributed by atoms with Crippen molar-refractivity contribution in [3.8, 4) is 0 Å². The number of rotatable bonds is 5. The van der Waals surface area contributed by atoms with E-state index in [0.29, 0.717) is 6.42 Å². The highest BCUT2D eigenvalue weighted by Gasteiger charge is 2.19. The Hall–Kier alpha value is -2.81. The first-order valence-electron chi connectivity index (χ1n) is 8.60. The number of amides is 1. The highest BCUT2D eigenvalue weighted by Crippen LogP contribution is 2.26. The van der Waals surface area contributed by atoms with Gasteiger partial charge < -0.3 is 9.88 Å². The van der Waals surface area contributed by atoms with Gasteiger partial charge in [-0.3, -0.25) is 4.79 Å². The van der Waals surface area contributed by atoms with Crippen molar-refractivity contribution in [2.24, 2.45) is 0 Å². The molecule has 3 heteroatoms. The number of anilines is 1. The van der Waals surface area contributed by atoms with Crippen LogP contribution in [-0.2, 0) is 4.79 Å². The van der Waals surface area contributed by atoms with Gasteiger partial charge in [-0.15, -0.1) is 0 Å². The molecule has 128 valence electrons. The van der Waals surface area contributed by atoms with Crippen LogP contribution >= 0.6 is 0 Å². The number of hydrogen-bond acceptors (Lipinski definition) is 1. The van der Waals surface area contributed by atoms with E-state index >= 15 is 0 Å². The molecule has 25 heavy (non-hydrogen) atoms. The first-order chi connectivity index (χ1) is 12.1. The molecule has 0 aliphatic rings. The quantitative estimate of drug-likeness (QED) is 0.698. The third-order valence-corrected chi connectivity index (χ3v) is 4.79. The van der Waals surface area contributed by atoms with Crippen molar-refractivity contribution in [1.82, 2.24) is 4.57 Å². The molecule has 1 amide bonds. The second-order valence-corrected chi connectivity index (χ2v) is 6.50. The maximum atomic E-state index is 12.7. The van der Waals surface area contributed by atoms with Gasteiger partial charge in [0, 0.05) is 18.1 Å². The first-order valence-corrected chi connectivity index (χ1v) is 8.60. The Labute approximate surface area is 149 Å². The van der Waals surface area contributed by atoms with E-state index in [1.807, 2.05) is 55.7 Å². The number of hydrogen-bond donors (Lipinski definition) is 1. The molecular weight excluding hydrogens is 308 g/mol. The fourth-order valence-corrected chi connectivity index (χ4v) is 3.16. The standard InChI is InChI=1S/C22H24N2O/c1-16-10-8-12-20(18(16)3)23-22(25)15-21(24-13-6-7-14-24)19-11-5-4-9-17(19)2/h4-14,21H,15H2,1-3H3,(H,23,25)/t21-/m0/s1. The third-order valence-electron chi connectivity index (χ3n) is 4.79. The van der Waals surface area contributed by atoms with Crippen molar-refractivity contribution in [3.05, 3.63) is 89.2 Å². The lowest BCUT2D eigenvalue weighted by Gasteiger charge is -2.21. The summed E-state index contributed by atoms with van der Waals surface area (Å²) in [5, 5.41) is 3.08. The number of aromatic nitrogens is 1. The van der Waals surface area contributed by atoms with Crippen molar-refractivity contribution in [2.75, 3.05) is 5.32 Å². The highest BCUT2D eigenvalue weighted by atomic mass is 16.1. The maximum absolute atomic E-state index is 12.7. The molecule has 0 bridgehead atoms. The van der Waals surface area contributed by atoms with Gasteiger partial charge in [-0.2, -0.15) is 0 Å². The molecule has 0 saturated carbocycles. The van der Waals surface area contributed by atoms with Gasteiger partial charge in [0.25, 0.3) is 0 Å². The number of carbonyl (C=O) groups excluding carboxylic acids is 1. The molecule has 0 radical (unpaired) electrons. The van der Waals surface area contributed by atoms with Gasteiger partial charge in [0.2, 0.25) is 5.91 Å². The Kier molecular flexibility index (Phi) is 5.03. The minimum atomic E-state index is -0.0127. The normalized spacial score (nSPS) is 12.0. The van der Waals surface area contributed by atoms with Crippen molar-refractivity contribution < 1.29 is 4.79 Å². The fraction of sp³-hybridized carbons (Fsp3) is 0.227.